The molecule has 2 rings (SSSR count). The molecular formula is C22H28. The van der Waals surface area contributed by atoms with Gasteiger partial charge in [-0.05, 0) is 47.4 Å². The smallest absolute Gasteiger partial charge is 0.0124 e. The number of allylic oxidation sites excluding steroid dienone is 1. The van der Waals surface area contributed by atoms with Crippen LogP contribution in [0.15, 0.2) is 61.2 Å². The predicted molar refractivity (Wildman–Crippen MR) is 97.4 cm³/mol. The normalized spacial score (nSPS) is 12.9. The Bertz CT molecular complexity index is 614. The van der Waals surface area contributed by atoms with Crippen LogP contribution in [0.1, 0.15) is 55.4 Å². The second-order valence-corrected chi connectivity index (χ2v) is 7.41. The van der Waals surface area contributed by atoms with Crippen molar-refractivity contribution in [3.63, 3.8) is 0 Å². The maximum Gasteiger partial charge on any atom is 0.0124 e. The highest BCUT2D eigenvalue weighted by Crippen LogP contribution is 2.31. The van der Waals surface area contributed by atoms with Crippen LogP contribution in [0.5, 0.6) is 0 Å². The van der Waals surface area contributed by atoms with Crippen molar-refractivity contribution in [2.45, 2.75) is 46.5 Å². The first-order valence-electron chi connectivity index (χ1n) is 8.16. The van der Waals surface area contributed by atoms with Crippen molar-refractivity contribution in [2.24, 2.45) is 5.41 Å². The lowest BCUT2D eigenvalue weighted by atomic mass is 9.82. The first-order chi connectivity index (χ1) is 10.4. The minimum absolute atomic E-state index is 0.310. The van der Waals surface area contributed by atoms with Gasteiger partial charge >= 0.3 is 0 Å². The van der Waals surface area contributed by atoms with Gasteiger partial charge in [0, 0.05) is 5.92 Å². The summed E-state index contributed by atoms with van der Waals surface area (Å²) in [6, 6.07) is 17.7. The Balaban J connectivity index is 2.40. The van der Waals surface area contributed by atoms with Gasteiger partial charge in [0.1, 0.15) is 0 Å². The van der Waals surface area contributed by atoms with Crippen molar-refractivity contribution in [3.05, 3.63) is 83.4 Å². The van der Waals surface area contributed by atoms with Crippen LogP contribution in [-0.2, 0) is 6.42 Å². The lowest BCUT2D eigenvalue weighted by molar-refractivity contribution is 0.410. The third-order valence-electron chi connectivity index (χ3n) is 4.10. The number of aryl methyl sites for hydroxylation is 1. The van der Waals surface area contributed by atoms with Gasteiger partial charge in [-0.3, -0.25) is 0 Å². The summed E-state index contributed by atoms with van der Waals surface area (Å²) in [5.41, 5.74) is 5.94. The van der Waals surface area contributed by atoms with Crippen molar-refractivity contribution in [1.29, 1.82) is 0 Å². The summed E-state index contributed by atoms with van der Waals surface area (Å²) >= 11 is 0. The maximum atomic E-state index is 3.95. The number of hydrogen-bond acceptors (Lipinski definition) is 0. The molecule has 0 N–H and O–H groups in total. The van der Waals surface area contributed by atoms with Gasteiger partial charge in [-0.25, -0.2) is 0 Å². The third-order valence-corrected chi connectivity index (χ3v) is 4.10. The summed E-state index contributed by atoms with van der Waals surface area (Å²) in [6.45, 7) is 13.1. The van der Waals surface area contributed by atoms with E-state index in [2.05, 4.69) is 82.8 Å². The Morgan fingerprint density at radius 1 is 1.00 bits per heavy atom. The maximum absolute atomic E-state index is 3.95. The topological polar surface area (TPSA) is 0 Å². The van der Waals surface area contributed by atoms with E-state index in [0.717, 1.165) is 12.8 Å². The molecule has 0 aromatic heterocycles. The molecule has 0 heteroatoms. The van der Waals surface area contributed by atoms with Gasteiger partial charge in [-0.1, -0.05) is 75.4 Å². The summed E-state index contributed by atoms with van der Waals surface area (Å²) in [4.78, 5) is 0. The zero-order valence-electron chi connectivity index (χ0n) is 14.4. The summed E-state index contributed by atoms with van der Waals surface area (Å²) < 4.78 is 0. The van der Waals surface area contributed by atoms with Crippen LogP contribution in [0.25, 0.3) is 0 Å². The molecule has 0 aliphatic carbocycles. The van der Waals surface area contributed by atoms with Crippen molar-refractivity contribution in [3.8, 4) is 0 Å². The zero-order chi connectivity index (χ0) is 16.2. The fourth-order valence-electron chi connectivity index (χ4n) is 2.99. The van der Waals surface area contributed by atoms with Crippen LogP contribution in [0.3, 0.4) is 0 Å². The quantitative estimate of drug-likeness (QED) is 0.568. The molecule has 0 amide bonds. The van der Waals surface area contributed by atoms with Crippen LogP contribution in [0.4, 0.5) is 0 Å². The van der Waals surface area contributed by atoms with E-state index in [1.807, 2.05) is 6.08 Å². The third kappa shape index (κ3) is 4.34. The lowest BCUT2D eigenvalue weighted by Crippen LogP contribution is -2.11. The van der Waals surface area contributed by atoms with Gasteiger partial charge in [0.05, 0.1) is 0 Å². The minimum Gasteiger partial charge on any atom is -0.103 e. The van der Waals surface area contributed by atoms with Gasteiger partial charge in [0.2, 0.25) is 0 Å². The van der Waals surface area contributed by atoms with Crippen molar-refractivity contribution in [2.75, 3.05) is 0 Å². The van der Waals surface area contributed by atoms with E-state index in [-0.39, 0.29) is 0 Å². The fraction of sp³-hybridized carbons (Fsp3) is 0.364. The Labute approximate surface area is 135 Å². The van der Waals surface area contributed by atoms with Gasteiger partial charge in [-0.2, -0.15) is 0 Å². The average molecular weight is 292 g/mol. The lowest BCUT2D eigenvalue weighted by Gasteiger charge is -2.22. The molecule has 22 heavy (non-hydrogen) atoms. The van der Waals surface area contributed by atoms with E-state index in [0.29, 0.717) is 11.3 Å². The van der Waals surface area contributed by atoms with Gasteiger partial charge in [0.15, 0.2) is 0 Å². The Morgan fingerprint density at radius 3 is 2.27 bits per heavy atom. The first-order valence-corrected chi connectivity index (χ1v) is 8.16. The minimum atomic E-state index is 0.310. The van der Waals surface area contributed by atoms with Gasteiger partial charge < -0.3 is 0 Å². The van der Waals surface area contributed by atoms with E-state index in [1.165, 1.54) is 22.3 Å². The van der Waals surface area contributed by atoms with Crippen molar-refractivity contribution >= 4 is 0 Å². The summed E-state index contributed by atoms with van der Waals surface area (Å²) in [7, 11) is 0. The summed E-state index contributed by atoms with van der Waals surface area (Å²) in [5, 5.41) is 0. The number of hydrogen-bond donors (Lipinski definition) is 0. The average Bonchev–Trinajstić information content (AvgIpc) is 2.47. The number of rotatable bonds is 5. The molecule has 0 radical (unpaired) electrons. The van der Waals surface area contributed by atoms with Crippen LogP contribution in [-0.4, -0.2) is 0 Å². The standard InChI is InChI=1S/C22H28/c1-6-10-21(18-11-8-7-9-12-18)19-14-13-17(2)20(15-19)16-22(3,4)5/h6-9,11-15,21H,1,10,16H2,2-5H3. The molecule has 1 unspecified atom stereocenters. The second kappa shape index (κ2) is 6.96. The summed E-state index contributed by atoms with van der Waals surface area (Å²) in [6.07, 6.45) is 4.12. The largest absolute Gasteiger partial charge is 0.103 e. The monoisotopic (exact) mass is 292 g/mol. The molecule has 0 nitrogen and oxygen atoms in total. The van der Waals surface area contributed by atoms with Crippen LogP contribution in [0, 0.1) is 12.3 Å². The highest BCUT2D eigenvalue weighted by Gasteiger charge is 2.17. The molecule has 0 bridgehead atoms. The van der Waals surface area contributed by atoms with Crippen LogP contribution >= 0.6 is 0 Å². The zero-order valence-corrected chi connectivity index (χ0v) is 14.4. The molecule has 0 saturated heterocycles. The van der Waals surface area contributed by atoms with Crippen LogP contribution < -0.4 is 0 Å². The van der Waals surface area contributed by atoms with Crippen LogP contribution in [0.2, 0.25) is 0 Å². The number of benzene rings is 2. The molecule has 0 heterocycles. The SMILES string of the molecule is C=CCC(c1ccccc1)c1ccc(C)c(CC(C)(C)C)c1. The molecule has 0 saturated carbocycles. The highest BCUT2D eigenvalue weighted by molar-refractivity contribution is 5.39. The van der Waals surface area contributed by atoms with E-state index in [9.17, 15) is 0 Å². The molecule has 2 aromatic carbocycles. The first kappa shape index (κ1) is 16.5. The molecule has 0 aliphatic rings. The molecule has 0 fully saturated rings. The van der Waals surface area contributed by atoms with Gasteiger partial charge in [-0.15, -0.1) is 6.58 Å². The molecule has 1 atom stereocenters. The van der Waals surface area contributed by atoms with E-state index < -0.39 is 0 Å². The van der Waals surface area contributed by atoms with E-state index >= 15 is 0 Å². The predicted octanol–water partition coefficient (Wildman–Crippen LogP) is 6.29. The van der Waals surface area contributed by atoms with E-state index in [4.69, 9.17) is 0 Å². The Hall–Kier alpha value is -1.82. The molecule has 2 aromatic rings. The second-order valence-electron chi connectivity index (χ2n) is 7.41. The van der Waals surface area contributed by atoms with E-state index in [1.54, 1.807) is 0 Å². The van der Waals surface area contributed by atoms with Gasteiger partial charge in [0.25, 0.3) is 0 Å². The van der Waals surface area contributed by atoms with Crippen molar-refractivity contribution < 1.29 is 0 Å². The van der Waals surface area contributed by atoms with Crippen molar-refractivity contribution in [1.82, 2.24) is 0 Å². The molecular weight excluding hydrogens is 264 g/mol. The molecule has 0 spiro atoms. The highest BCUT2D eigenvalue weighted by atomic mass is 14.2. The fourth-order valence-corrected chi connectivity index (χ4v) is 2.99. The molecule has 0 aliphatic heterocycles. The molecule has 116 valence electrons. The Morgan fingerprint density at radius 2 is 1.68 bits per heavy atom. The Kier molecular flexibility index (Phi) is 5.24. The summed E-state index contributed by atoms with van der Waals surface area (Å²) in [5.74, 6) is 0.401.